The fraction of sp³-hybridized carbons (Fsp3) is 0.208. The minimum atomic E-state index is -1.14. The lowest BCUT2D eigenvalue weighted by molar-refractivity contribution is -0.142. The number of aromatic amines is 1. The Hall–Kier alpha value is -4.07. The second kappa shape index (κ2) is 8.58. The first-order chi connectivity index (χ1) is 15.3. The maximum Gasteiger partial charge on any atom is 0.336 e. The van der Waals surface area contributed by atoms with Gasteiger partial charge in [-0.2, -0.15) is 0 Å². The van der Waals surface area contributed by atoms with Crippen molar-refractivity contribution in [3.63, 3.8) is 0 Å². The van der Waals surface area contributed by atoms with E-state index in [2.05, 4.69) is 10.3 Å². The molecular weight excluding hydrogens is 412 g/mol. The maximum absolute atomic E-state index is 12.6. The van der Waals surface area contributed by atoms with Gasteiger partial charge in [-0.15, -0.1) is 0 Å². The highest BCUT2D eigenvalue weighted by atomic mass is 16.5. The topological polar surface area (TPSA) is 122 Å². The molecule has 2 aromatic heterocycles. The van der Waals surface area contributed by atoms with Crippen LogP contribution in [0.3, 0.4) is 0 Å². The predicted octanol–water partition coefficient (Wildman–Crippen LogP) is 3.16. The predicted molar refractivity (Wildman–Crippen MR) is 119 cm³/mol. The van der Waals surface area contributed by atoms with Gasteiger partial charge in [0.2, 0.25) is 0 Å². The first-order valence-electron chi connectivity index (χ1n) is 10.1. The molecule has 0 radical (unpaired) electrons. The Labute approximate surface area is 182 Å². The number of hydrogen-bond donors (Lipinski definition) is 3. The highest BCUT2D eigenvalue weighted by Crippen LogP contribution is 2.23. The summed E-state index contributed by atoms with van der Waals surface area (Å²) in [6, 6.07) is 12.8. The molecule has 0 saturated carbocycles. The van der Waals surface area contributed by atoms with Crippen LogP contribution >= 0.6 is 0 Å². The smallest absolute Gasteiger partial charge is 0.336 e. The van der Waals surface area contributed by atoms with E-state index >= 15 is 0 Å². The summed E-state index contributed by atoms with van der Waals surface area (Å²) >= 11 is 0. The van der Waals surface area contributed by atoms with Gasteiger partial charge in [0, 0.05) is 41.0 Å². The summed E-state index contributed by atoms with van der Waals surface area (Å²) in [6.07, 6.45) is 0.907. The summed E-state index contributed by atoms with van der Waals surface area (Å²) < 4.78 is 10.9. The molecule has 2 atom stereocenters. The minimum Gasteiger partial charge on any atom is -0.481 e. The van der Waals surface area contributed by atoms with E-state index in [-0.39, 0.29) is 6.42 Å². The zero-order valence-corrected chi connectivity index (χ0v) is 17.5. The van der Waals surface area contributed by atoms with Crippen molar-refractivity contribution < 1.29 is 23.8 Å². The number of aliphatic carboxylic acids is 1. The van der Waals surface area contributed by atoms with Gasteiger partial charge in [0.25, 0.3) is 5.91 Å². The minimum absolute atomic E-state index is 0.123. The Morgan fingerprint density at radius 3 is 2.72 bits per heavy atom. The van der Waals surface area contributed by atoms with Crippen molar-refractivity contribution in [2.24, 2.45) is 0 Å². The highest BCUT2D eigenvalue weighted by Gasteiger charge is 2.25. The lowest BCUT2D eigenvalue weighted by atomic mass is 10.0. The fourth-order valence-corrected chi connectivity index (χ4v) is 3.65. The van der Waals surface area contributed by atoms with E-state index in [1.165, 1.54) is 19.1 Å². The summed E-state index contributed by atoms with van der Waals surface area (Å²) in [5, 5.41) is 13.8. The Bertz CT molecular complexity index is 1370. The molecule has 0 aliphatic heterocycles. The molecule has 4 aromatic rings. The molecule has 3 N–H and O–H groups in total. The average Bonchev–Trinajstić information content (AvgIpc) is 3.15. The molecule has 2 heterocycles. The second-order valence-corrected chi connectivity index (χ2v) is 7.63. The van der Waals surface area contributed by atoms with E-state index < -0.39 is 29.6 Å². The van der Waals surface area contributed by atoms with Crippen molar-refractivity contribution in [1.82, 2.24) is 10.3 Å². The van der Waals surface area contributed by atoms with E-state index in [1.54, 1.807) is 25.3 Å². The molecule has 8 heteroatoms. The molecule has 0 fully saturated rings. The van der Waals surface area contributed by atoms with Crippen LogP contribution in [0.15, 0.2) is 63.9 Å². The van der Waals surface area contributed by atoms with E-state index in [0.717, 1.165) is 27.4 Å². The van der Waals surface area contributed by atoms with Crippen LogP contribution < -0.4 is 15.7 Å². The number of carboxylic acids is 1. The monoisotopic (exact) mass is 434 g/mol. The van der Waals surface area contributed by atoms with Crippen molar-refractivity contribution in [1.29, 1.82) is 0 Å². The number of nitrogens with one attached hydrogen (secondary N) is 2. The van der Waals surface area contributed by atoms with Crippen molar-refractivity contribution in [2.45, 2.75) is 32.4 Å². The number of aryl methyl sites for hydroxylation is 1. The molecule has 0 saturated heterocycles. The zero-order chi connectivity index (χ0) is 22.8. The molecule has 2 aromatic carbocycles. The number of amides is 1. The Balaban J connectivity index is 1.47. The van der Waals surface area contributed by atoms with Gasteiger partial charge in [-0.05, 0) is 43.2 Å². The number of carboxylic acid groups (broad SMARTS) is 1. The van der Waals surface area contributed by atoms with Crippen molar-refractivity contribution >= 4 is 33.7 Å². The summed E-state index contributed by atoms with van der Waals surface area (Å²) in [5.74, 6) is -1.38. The molecule has 0 spiro atoms. The van der Waals surface area contributed by atoms with Gasteiger partial charge in [-0.3, -0.25) is 4.79 Å². The first-order valence-corrected chi connectivity index (χ1v) is 10.1. The van der Waals surface area contributed by atoms with Gasteiger partial charge in [0.05, 0.1) is 0 Å². The molecule has 0 unspecified atom stereocenters. The summed E-state index contributed by atoms with van der Waals surface area (Å²) in [5.41, 5.74) is 2.34. The third-order valence-electron chi connectivity index (χ3n) is 5.32. The molecule has 0 aliphatic rings. The Kier molecular flexibility index (Phi) is 5.68. The number of hydrogen-bond acceptors (Lipinski definition) is 5. The van der Waals surface area contributed by atoms with Crippen LogP contribution in [0.25, 0.3) is 21.9 Å². The number of H-pyrrole nitrogens is 1. The van der Waals surface area contributed by atoms with Crippen LogP contribution in [0, 0.1) is 6.92 Å². The fourth-order valence-electron chi connectivity index (χ4n) is 3.65. The third-order valence-corrected chi connectivity index (χ3v) is 5.32. The van der Waals surface area contributed by atoms with Gasteiger partial charge < -0.3 is 24.6 Å². The lowest BCUT2D eigenvalue weighted by Crippen LogP contribution is -2.47. The van der Waals surface area contributed by atoms with E-state index in [9.17, 15) is 19.5 Å². The third kappa shape index (κ3) is 4.34. The van der Waals surface area contributed by atoms with Crippen molar-refractivity contribution in [3.8, 4) is 5.75 Å². The molecule has 32 heavy (non-hydrogen) atoms. The van der Waals surface area contributed by atoms with Crippen LogP contribution in [0.2, 0.25) is 0 Å². The van der Waals surface area contributed by atoms with E-state index in [0.29, 0.717) is 11.3 Å². The molecule has 4 rings (SSSR count). The number of carbonyl (C=O) groups is 2. The SMILES string of the molecule is Cc1cc(=O)oc2cc(O[C@H](C)C(=O)N[C@@H](Cc3c[nH]c4ccccc34)C(=O)O)ccc12. The molecule has 8 nitrogen and oxygen atoms in total. The summed E-state index contributed by atoms with van der Waals surface area (Å²) in [4.78, 5) is 39.1. The molecular formula is C24H22N2O6. The van der Waals surface area contributed by atoms with Crippen LogP contribution in [-0.4, -0.2) is 34.1 Å². The Morgan fingerprint density at radius 2 is 1.94 bits per heavy atom. The van der Waals surface area contributed by atoms with Gasteiger partial charge in [0.1, 0.15) is 17.4 Å². The summed E-state index contributed by atoms with van der Waals surface area (Å²) in [7, 11) is 0. The molecule has 0 bridgehead atoms. The van der Waals surface area contributed by atoms with E-state index in [4.69, 9.17) is 9.15 Å². The first kappa shape index (κ1) is 21.2. The molecule has 164 valence electrons. The van der Waals surface area contributed by atoms with Gasteiger partial charge in [-0.1, -0.05) is 18.2 Å². The average molecular weight is 434 g/mol. The van der Waals surface area contributed by atoms with E-state index in [1.807, 2.05) is 24.3 Å². The summed E-state index contributed by atoms with van der Waals surface area (Å²) in [6.45, 7) is 3.33. The van der Waals surface area contributed by atoms with Crippen molar-refractivity contribution in [2.75, 3.05) is 0 Å². The molecule has 0 aliphatic carbocycles. The van der Waals surface area contributed by atoms with Crippen LogP contribution in [0.4, 0.5) is 0 Å². The van der Waals surface area contributed by atoms with Crippen LogP contribution in [-0.2, 0) is 16.0 Å². The lowest BCUT2D eigenvalue weighted by Gasteiger charge is -2.19. The number of para-hydroxylation sites is 1. The van der Waals surface area contributed by atoms with Crippen molar-refractivity contribution in [3.05, 3.63) is 76.3 Å². The van der Waals surface area contributed by atoms with Gasteiger partial charge in [0.15, 0.2) is 6.10 Å². The standard InChI is InChI=1S/C24H22N2O6/c1-13-9-22(27)32-21-11-16(7-8-17(13)21)31-14(2)23(28)26-20(24(29)30)10-15-12-25-19-6-4-3-5-18(15)19/h3-9,11-12,14,20,25H,10H2,1-2H3,(H,26,28)(H,29,30)/t14-,20+/m1/s1. The number of aromatic nitrogens is 1. The highest BCUT2D eigenvalue weighted by molar-refractivity contribution is 5.88. The Morgan fingerprint density at radius 1 is 1.16 bits per heavy atom. The maximum atomic E-state index is 12.6. The zero-order valence-electron chi connectivity index (χ0n) is 17.5. The number of fused-ring (bicyclic) bond motifs is 2. The number of rotatable bonds is 7. The number of carbonyl (C=O) groups excluding carboxylic acids is 1. The second-order valence-electron chi connectivity index (χ2n) is 7.63. The van der Waals surface area contributed by atoms with Gasteiger partial charge >= 0.3 is 11.6 Å². The molecule has 1 amide bonds. The van der Waals surface area contributed by atoms with Crippen LogP contribution in [0.1, 0.15) is 18.1 Å². The number of ether oxygens (including phenoxy) is 1. The largest absolute Gasteiger partial charge is 0.481 e. The van der Waals surface area contributed by atoms with Gasteiger partial charge in [-0.25, -0.2) is 9.59 Å². The van der Waals surface area contributed by atoms with Crippen LogP contribution in [0.5, 0.6) is 5.75 Å². The number of benzene rings is 2. The normalized spacial score (nSPS) is 13.1. The quantitative estimate of drug-likeness (QED) is 0.384.